The largest absolute Gasteiger partial charge is 0.373 e. The second kappa shape index (κ2) is 6.14. The van der Waals surface area contributed by atoms with Gasteiger partial charge in [-0.25, -0.2) is 9.97 Å². The lowest BCUT2D eigenvalue weighted by atomic mass is 10.3. The van der Waals surface area contributed by atoms with E-state index < -0.39 is 0 Å². The average Bonchev–Trinajstić information content (AvgIpc) is 3.31. The highest BCUT2D eigenvalue weighted by Gasteiger charge is 2.26. The molecule has 1 aliphatic carbocycles. The summed E-state index contributed by atoms with van der Waals surface area (Å²) in [7, 11) is 1.91. The molecule has 0 amide bonds. The SMILES string of the molecule is CNc1cc(C2CC2)nc(CSc2ccccc2Br)n1. The molecule has 0 saturated heterocycles. The zero-order chi connectivity index (χ0) is 13.9. The van der Waals surface area contributed by atoms with Gasteiger partial charge in [0.2, 0.25) is 0 Å². The molecule has 1 fully saturated rings. The van der Waals surface area contributed by atoms with Crippen molar-refractivity contribution in [2.45, 2.75) is 29.4 Å². The van der Waals surface area contributed by atoms with Gasteiger partial charge in [-0.15, -0.1) is 11.8 Å². The van der Waals surface area contributed by atoms with E-state index in [0.717, 1.165) is 21.9 Å². The molecule has 1 heterocycles. The summed E-state index contributed by atoms with van der Waals surface area (Å²) in [5.74, 6) is 3.26. The summed E-state index contributed by atoms with van der Waals surface area (Å²) in [5.41, 5.74) is 1.19. The number of halogens is 1. The van der Waals surface area contributed by atoms with E-state index in [0.29, 0.717) is 5.92 Å². The lowest BCUT2D eigenvalue weighted by molar-refractivity contribution is 0.933. The second-order valence-electron chi connectivity index (χ2n) is 4.84. The molecule has 3 nitrogen and oxygen atoms in total. The van der Waals surface area contributed by atoms with Crippen LogP contribution in [0.2, 0.25) is 0 Å². The molecule has 1 aromatic heterocycles. The van der Waals surface area contributed by atoms with Gasteiger partial charge in [-0.05, 0) is 40.9 Å². The molecule has 1 N–H and O–H groups in total. The molecule has 0 atom stereocenters. The monoisotopic (exact) mass is 349 g/mol. The van der Waals surface area contributed by atoms with Crippen LogP contribution in [-0.2, 0) is 5.75 Å². The van der Waals surface area contributed by atoms with Crippen molar-refractivity contribution in [3.05, 3.63) is 46.3 Å². The highest BCUT2D eigenvalue weighted by molar-refractivity contribution is 9.10. The lowest BCUT2D eigenvalue weighted by Crippen LogP contribution is -2.02. The second-order valence-corrected chi connectivity index (χ2v) is 6.71. The van der Waals surface area contributed by atoms with E-state index in [4.69, 9.17) is 4.98 Å². The molecule has 2 aromatic rings. The van der Waals surface area contributed by atoms with Gasteiger partial charge in [-0.1, -0.05) is 12.1 Å². The van der Waals surface area contributed by atoms with E-state index in [1.807, 2.05) is 19.2 Å². The van der Waals surface area contributed by atoms with Gasteiger partial charge in [-0.2, -0.15) is 0 Å². The Morgan fingerprint density at radius 2 is 2.10 bits per heavy atom. The first-order chi connectivity index (χ1) is 9.76. The predicted octanol–water partition coefficient (Wildman–Crippen LogP) is 4.45. The maximum Gasteiger partial charge on any atom is 0.141 e. The molecule has 0 spiro atoms. The minimum Gasteiger partial charge on any atom is -0.373 e. The van der Waals surface area contributed by atoms with Crippen molar-refractivity contribution < 1.29 is 0 Å². The first-order valence-corrected chi connectivity index (χ1v) is 8.47. The lowest BCUT2D eigenvalue weighted by Gasteiger charge is -2.08. The van der Waals surface area contributed by atoms with Gasteiger partial charge in [0.1, 0.15) is 11.6 Å². The Labute approximate surface area is 131 Å². The Balaban J connectivity index is 1.76. The van der Waals surface area contributed by atoms with Crippen LogP contribution in [0, 0.1) is 0 Å². The maximum absolute atomic E-state index is 4.70. The van der Waals surface area contributed by atoms with Gasteiger partial charge in [0.25, 0.3) is 0 Å². The fourth-order valence-electron chi connectivity index (χ4n) is 2.00. The molecule has 5 heteroatoms. The summed E-state index contributed by atoms with van der Waals surface area (Å²) in [5, 5.41) is 3.13. The molecule has 1 saturated carbocycles. The third kappa shape index (κ3) is 3.33. The van der Waals surface area contributed by atoms with Crippen LogP contribution in [0.25, 0.3) is 0 Å². The minimum absolute atomic E-state index is 0.650. The zero-order valence-electron chi connectivity index (χ0n) is 11.3. The number of thioether (sulfide) groups is 1. The normalized spacial score (nSPS) is 14.3. The van der Waals surface area contributed by atoms with E-state index in [2.05, 4.69) is 44.4 Å². The molecule has 1 aliphatic rings. The van der Waals surface area contributed by atoms with E-state index in [-0.39, 0.29) is 0 Å². The Hall–Kier alpha value is -1.07. The number of aromatic nitrogens is 2. The number of nitrogens with zero attached hydrogens (tertiary/aromatic N) is 2. The van der Waals surface area contributed by atoms with E-state index in [1.165, 1.54) is 23.4 Å². The number of hydrogen-bond acceptors (Lipinski definition) is 4. The zero-order valence-corrected chi connectivity index (χ0v) is 13.7. The van der Waals surface area contributed by atoms with E-state index in [1.54, 1.807) is 11.8 Å². The minimum atomic E-state index is 0.650. The Bertz CT molecular complexity index is 614. The summed E-state index contributed by atoms with van der Waals surface area (Å²) in [6.07, 6.45) is 2.52. The summed E-state index contributed by atoms with van der Waals surface area (Å²) < 4.78 is 1.12. The van der Waals surface area contributed by atoms with Crippen LogP contribution in [0.3, 0.4) is 0 Å². The fourth-order valence-corrected chi connectivity index (χ4v) is 3.43. The third-order valence-electron chi connectivity index (χ3n) is 3.24. The number of benzene rings is 1. The van der Waals surface area contributed by atoms with Crippen LogP contribution in [0.5, 0.6) is 0 Å². The van der Waals surface area contributed by atoms with Crippen LogP contribution in [0.15, 0.2) is 39.7 Å². The molecule has 1 aromatic carbocycles. The smallest absolute Gasteiger partial charge is 0.141 e. The van der Waals surface area contributed by atoms with Gasteiger partial charge in [0.05, 0.1) is 5.75 Å². The van der Waals surface area contributed by atoms with Gasteiger partial charge in [0.15, 0.2) is 0 Å². The molecule has 0 aliphatic heterocycles. The quantitative estimate of drug-likeness (QED) is 0.809. The first-order valence-electron chi connectivity index (χ1n) is 6.69. The summed E-state index contributed by atoms with van der Waals surface area (Å²) in [6.45, 7) is 0. The van der Waals surface area contributed by atoms with Crippen molar-refractivity contribution in [1.29, 1.82) is 0 Å². The van der Waals surface area contributed by atoms with Crippen LogP contribution in [0.4, 0.5) is 5.82 Å². The van der Waals surface area contributed by atoms with Crippen molar-refractivity contribution in [2.24, 2.45) is 0 Å². The average molecular weight is 350 g/mol. The summed E-state index contributed by atoms with van der Waals surface area (Å²) in [4.78, 5) is 10.5. The highest BCUT2D eigenvalue weighted by Crippen LogP contribution is 2.39. The van der Waals surface area contributed by atoms with Crippen molar-refractivity contribution in [1.82, 2.24) is 9.97 Å². The molecule has 3 rings (SSSR count). The van der Waals surface area contributed by atoms with Crippen LogP contribution in [-0.4, -0.2) is 17.0 Å². The number of rotatable bonds is 5. The maximum atomic E-state index is 4.70. The van der Waals surface area contributed by atoms with Gasteiger partial charge >= 0.3 is 0 Å². The topological polar surface area (TPSA) is 37.8 Å². The molecular formula is C15H16BrN3S. The Kier molecular flexibility index (Phi) is 4.27. The van der Waals surface area contributed by atoms with Gasteiger partial charge in [0, 0.05) is 34.1 Å². The van der Waals surface area contributed by atoms with Crippen LogP contribution < -0.4 is 5.32 Å². The predicted molar refractivity (Wildman–Crippen MR) is 87.3 cm³/mol. The molecule has 0 unspecified atom stereocenters. The molecule has 0 bridgehead atoms. The van der Waals surface area contributed by atoms with Crippen LogP contribution in [0.1, 0.15) is 30.3 Å². The molecule has 20 heavy (non-hydrogen) atoms. The summed E-state index contributed by atoms with van der Waals surface area (Å²) >= 11 is 5.33. The van der Waals surface area contributed by atoms with Crippen LogP contribution >= 0.6 is 27.7 Å². The fraction of sp³-hybridized carbons (Fsp3) is 0.333. The van der Waals surface area contributed by atoms with Crippen molar-refractivity contribution in [3.8, 4) is 0 Å². The first kappa shape index (κ1) is 13.9. The number of hydrogen-bond donors (Lipinski definition) is 1. The number of nitrogens with one attached hydrogen (secondary N) is 1. The summed E-state index contributed by atoms with van der Waals surface area (Å²) in [6, 6.07) is 10.3. The van der Waals surface area contributed by atoms with Gasteiger partial charge in [-0.3, -0.25) is 0 Å². The Morgan fingerprint density at radius 3 is 2.80 bits per heavy atom. The van der Waals surface area contributed by atoms with Crippen molar-refractivity contribution >= 4 is 33.5 Å². The highest BCUT2D eigenvalue weighted by atomic mass is 79.9. The van der Waals surface area contributed by atoms with Crippen molar-refractivity contribution in [2.75, 3.05) is 12.4 Å². The van der Waals surface area contributed by atoms with Gasteiger partial charge < -0.3 is 5.32 Å². The Morgan fingerprint density at radius 1 is 1.30 bits per heavy atom. The molecule has 0 radical (unpaired) electrons. The molecular weight excluding hydrogens is 334 g/mol. The molecule has 104 valence electrons. The number of anilines is 1. The standard InChI is InChI=1S/C15H16BrN3S/c1-17-14-8-12(10-6-7-10)18-15(19-14)9-20-13-5-3-2-4-11(13)16/h2-5,8,10H,6-7,9H2,1H3,(H,17,18,19). The third-order valence-corrected chi connectivity index (χ3v) is 5.26. The van der Waals surface area contributed by atoms with E-state index >= 15 is 0 Å². The van der Waals surface area contributed by atoms with Crippen molar-refractivity contribution in [3.63, 3.8) is 0 Å². The van der Waals surface area contributed by atoms with E-state index in [9.17, 15) is 0 Å².